The molecule has 1 atom stereocenters. The maximum absolute atomic E-state index is 13.2. The van der Waals surface area contributed by atoms with Crippen molar-refractivity contribution in [2.45, 2.75) is 13.0 Å². The number of anilines is 2. The Morgan fingerprint density at radius 2 is 1.93 bits per heavy atom. The lowest BCUT2D eigenvalue weighted by atomic mass is 10.1. The van der Waals surface area contributed by atoms with Gasteiger partial charge in [0.25, 0.3) is 0 Å². The molecule has 2 aromatic carbocycles. The standard InChI is InChI=1S/C21H22BrN3O2/c1-23-9-10-24(13-15-5-2-3-8-19(15)23)21(27)16-11-20(26)25(14-16)18-7-4-6-17(22)12-18/h2-8,12,16H,9-11,13-14H2,1H3. The molecule has 0 N–H and O–H groups in total. The highest BCUT2D eigenvalue weighted by Gasteiger charge is 2.37. The Bertz CT molecular complexity index is 885. The van der Waals surface area contributed by atoms with Crippen LogP contribution >= 0.6 is 15.9 Å². The monoisotopic (exact) mass is 427 g/mol. The molecule has 0 saturated carbocycles. The molecule has 1 saturated heterocycles. The minimum atomic E-state index is -0.285. The average Bonchev–Trinajstić information content (AvgIpc) is 2.97. The number of fused-ring (bicyclic) bond motifs is 1. The zero-order chi connectivity index (χ0) is 19.0. The van der Waals surface area contributed by atoms with Gasteiger partial charge in [-0.1, -0.05) is 40.2 Å². The Morgan fingerprint density at radius 3 is 2.74 bits per heavy atom. The molecule has 0 spiro atoms. The molecular formula is C21H22BrN3O2. The van der Waals surface area contributed by atoms with Crippen LogP contribution in [0.5, 0.6) is 0 Å². The molecule has 4 rings (SSSR count). The van der Waals surface area contributed by atoms with Gasteiger partial charge in [0, 0.05) is 55.5 Å². The van der Waals surface area contributed by atoms with Crippen LogP contribution in [0.4, 0.5) is 11.4 Å². The van der Waals surface area contributed by atoms with Crippen molar-refractivity contribution in [3.05, 3.63) is 58.6 Å². The Hall–Kier alpha value is -2.34. The van der Waals surface area contributed by atoms with E-state index in [1.165, 1.54) is 5.69 Å². The normalized spacial score (nSPS) is 19.9. The first-order valence-electron chi connectivity index (χ1n) is 9.16. The second-order valence-corrected chi connectivity index (χ2v) is 8.11. The molecule has 140 valence electrons. The van der Waals surface area contributed by atoms with Crippen molar-refractivity contribution in [2.24, 2.45) is 5.92 Å². The third-order valence-electron chi connectivity index (χ3n) is 5.38. The van der Waals surface area contributed by atoms with E-state index in [-0.39, 0.29) is 24.2 Å². The van der Waals surface area contributed by atoms with Crippen molar-refractivity contribution in [2.75, 3.05) is 36.5 Å². The SMILES string of the molecule is CN1CCN(C(=O)C2CC(=O)N(c3cccc(Br)c3)C2)Cc2ccccc21. The Kier molecular flexibility index (Phi) is 4.91. The van der Waals surface area contributed by atoms with Gasteiger partial charge in [0.1, 0.15) is 0 Å². The molecule has 27 heavy (non-hydrogen) atoms. The zero-order valence-electron chi connectivity index (χ0n) is 15.3. The van der Waals surface area contributed by atoms with E-state index in [4.69, 9.17) is 0 Å². The van der Waals surface area contributed by atoms with Crippen LogP contribution in [0, 0.1) is 5.92 Å². The molecule has 2 aliphatic heterocycles. The van der Waals surface area contributed by atoms with Crippen LogP contribution in [0.2, 0.25) is 0 Å². The van der Waals surface area contributed by atoms with E-state index in [0.29, 0.717) is 19.6 Å². The summed E-state index contributed by atoms with van der Waals surface area (Å²) in [5.41, 5.74) is 3.16. The number of likely N-dealkylation sites (N-methyl/N-ethyl adjacent to an activating group) is 1. The Labute approximate surface area is 167 Å². The summed E-state index contributed by atoms with van der Waals surface area (Å²) in [6.07, 6.45) is 0.277. The molecule has 6 heteroatoms. The van der Waals surface area contributed by atoms with E-state index in [2.05, 4.69) is 40.0 Å². The summed E-state index contributed by atoms with van der Waals surface area (Å²) in [7, 11) is 2.06. The lowest BCUT2D eigenvalue weighted by molar-refractivity contribution is -0.136. The number of carbonyl (C=O) groups is 2. The Morgan fingerprint density at radius 1 is 1.11 bits per heavy atom. The average molecular weight is 428 g/mol. The van der Waals surface area contributed by atoms with Crippen LogP contribution in [0.1, 0.15) is 12.0 Å². The summed E-state index contributed by atoms with van der Waals surface area (Å²) < 4.78 is 0.926. The number of rotatable bonds is 2. The van der Waals surface area contributed by atoms with Gasteiger partial charge in [-0.3, -0.25) is 9.59 Å². The first-order chi connectivity index (χ1) is 13.0. The predicted molar refractivity (Wildman–Crippen MR) is 110 cm³/mol. The van der Waals surface area contributed by atoms with Crippen molar-refractivity contribution >= 4 is 39.1 Å². The van der Waals surface area contributed by atoms with Crippen LogP contribution in [0.15, 0.2) is 53.0 Å². The number of benzene rings is 2. The smallest absolute Gasteiger partial charge is 0.228 e. The summed E-state index contributed by atoms with van der Waals surface area (Å²) in [5.74, 6) is -0.197. The number of nitrogens with zero attached hydrogens (tertiary/aromatic N) is 3. The number of carbonyl (C=O) groups excluding carboxylic acids is 2. The van der Waals surface area contributed by atoms with Crippen LogP contribution in [-0.2, 0) is 16.1 Å². The molecule has 2 amide bonds. The third-order valence-corrected chi connectivity index (χ3v) is 5.87. The molecule has 2 aliphatic rings. The molecule has 2 heterocycles. The van der Waals surface area contributed by atoms with Crippen molar-refractivity contribution in [3.8, 4) is 0 Å². The summed E-state index contributed by atoms with van der Waals surface area (Å²) >= 11 is 3.45. The third kappa shape index (κ3) is 3.58. The largest absolute Gasteiger partial charge is 0.373 e. The van der Waals surface area contributed by atoms with E-state index in [0.717, 1.165) is 22.3 Å². The molecule has 1 unspecified atom stereocenters. The van der Waals surface area contributed by atoms with Gasteiger partial charge in [-0.15, -0.1) is 0 Å². The van der Waals surface area contributed by atoms with Crippen molar-refractivity contribution < 1.29 is 9.59 Å². The molecule has 1 fully saturated rings. The number of hydrogen-bond acceptors (Lipinski definition) is 3. The van der Waals surface area contributed by atoms with Gasteiger partial charge in [0.15, 0.2) is 0 Å². The Balaban J connectivity index is 1.51. The predicted octanol–water partition coefficient (Wildman–Crippen LogP) is 3.28. The van der Waals surface area contributed by atoms with Crippen molar-refractivity contribution in [1.29, 1.82) is 0 Å². The molecule has 0 aromatic heterocycles. The van der Waals surface area contributed by atoms with E-state index in [9.17, 15) is 9.59 Å². The highest BCUT2D eigenvalue weighted by molar-refractivity contribution is 9.10. The topological polar surface area (TPSA) is 43.9 Å². The molecule has 0 radical (unpaired) electrons. The quantitative estimate of drug-likeness (QED) is 0.738. The fraction of sp³-hybridized carbons (Fsp3) is 0.333. The van der Waals surface area contributed by atoms with E-state index >= 15 is 0 Å². The van der Waals surface area contributed by atoms with Crippen LogP contribution in [0.25, 0.3) is 0 Å². The molecule has 0 bridgehead atoms. The summed E-state index contributed by atoms with van der Waals surface area (Å²) in [5, 5.41) is 0. The molecule has 0 aliphatic carbocycles. The van der Waals surface area contributed by atoms with Gasteiger partial charge in [-0.25, -0.2) is 0 Å². The highest BCUT2D eigenvalue weighted by atomic mass is 79.9. The van der Waals surface area contributed by atoms with Crippen LogP contribution in [-0.4, -0.2) is 43.4 Å². The minimum Gasteiger partial charge on any atom is -0.373 e. The molecule has 5 nitrogen and oxygen atoms in total. The molecular weight excluding hydrogens is 406 g/mol. The summed E-state index contributed by atoms with van der Waals surface area (Å²) in [6, 6.07) is 15.9. The van der Waals surface area contributed by atoms with Gasteiger partial charge in [0.2, 0.25) is 11.8 Å². The molecule has 2 aromatic rings. The number of para-hydroxylation sites is 1. The number of amides is 2. The van der Waals surface area contributed by atoms with Crippen LogP contribution in [0.3, 0.4) is 0 Å². The first-order valence-corrected chi connectivity index (χ1v) is 9.96. The lowest BCUT2D eigenvalue weighted by Gasteiger charge is -2.24. The van der Waals surface area contributed by atoms with Gasteiger partial charge >= 0.3 is 0 Å². The van der Waals surface area contributed by atoms with Gasteiger partial charge in [-0.05, 0) is 29.8 Å². The van der Waals surface area contributed by atoms with Crippen molar-refractivity contribution in [3.63, 3.8) is 0 Å². The van der Waals surface area contributed by atoms with Crippen molar-refractivity contribution in [1.82, 2.24) is 4.90 Å². The lowest BCUT2D eigenvalue weighted by Crippen LogP contribution is -2.39. The van der Waals surface area contributed by atoms with E-state index < -0.39 is 0 Å². The van der Waals surface area contributed by atoms with Gasteiger partial charge < -0.3 is 14.7 Å². The minimum absolute atomic E-state index is 0.0128. The second-order valence-electron chi connectivity index (χ2n) is 7.20. The number of halogens is 1. The van der Waals surface area contributed by atoms with E-state index in [1.807, 2.05) is 41.3 Å². The second kappa shape index (κ2) is 7.35. The highest BCUT2D eigenvalue weighted by Crippen LogP contribution is 2.30. The number of hydrogen-bond donors (Lipinski definition) is 0. The van der Waals surface area contributed by atoms with Gasteiger partial charge in [-0.2, -0.15) is 0 Å². The van der Waals surface area contributed by atoms with E-state index in [1.54, 1.807) is 4.90 Å². The van der Waals surface area contributed by atoms with Gasteiger partial charge in [0.05, 0.1) is 5.92 Å². The van der Waals surface area contributed by atoms with Crippen LogP contribution < -0.4 is 9.80 Å². The maximum Gasteiger partial charge on any atom is 0.228 e. The first kappa shape index (κ1) is 18.0. The maximum atomic E-state index is 13.2. The fourth-order valence-corrected chi connectivity index (χ4v) is 4.29. The zero-order valence-corrected chi connectivity index (χ0v) is 16.9. The summed E-state index contributed by atoms with van der Waals surface area (Å²) in [6.45, 7) is 2.51. The summed E-state index contributed by atoms with van der Waals surface area (Å²) in [4.78, 5) is 31.5. The fourth-order valence-electron chi connectivity index (χ4n) is 3.91.